The number of fused-ring (bicyclic) bond motifs is 2. The minimum Gasteiger partial charge on any atom is -0.490 e. The van der Waals surface area contributed by atoms with Gasteiger partial charge in [-0.3, -0.25) is 4.79 Å². The van der Waals surface area contributed by atoms with E-state index in [9.17, 15) is 18.0 Å². The number of aromatic nitrogens is 3. The van der Waals surface area contributed by atoms with E-state index < -0.39 is 17.4 Å². The Morgan fingerprint density at radius 3 is 2.52 bits per heavy atom. The van der Waals surface area contributed by atoms with Crippen LogP contribution in [0.3, 0.4) is 0 Å². The maximum Gasteiger partial charge on any atom is 0.433 e. The van der Waals surface area contributed by atoms with Crippen molar-refractivity contribution in [3.05, 3.63) is 51.9 Å². The third-order valence-corrected chi connectivity index (χ3v) is 5.66. The van der Waals surface area contributed by atoms with Crippen molar-refractivity contribution in [3.63, 3.8) is 0 Å². The zero-order chi connectivity index (χ0) is 23.2. The van der Waals surface area contributed by atoms with Crippen LogP contribution in [0.2, 0.25) is 0 Å². The summed E-state index contributed by atoms with van der Waals surface area (Å²) in [5, 5.41) is 4.31. The van der Waals surface area contributed by atoms with Crippen molar-refractivity contribution in [2.24, 2.45) is 0 Å². The molecule has 0 N–H and O–H groups in total. The first-order chi connectivity index (χ1) is 15.8. The van der Waals surface area contributed by atoms with Gasteiger partial charge >= 0.3 is 6.18 Å². The Hall–Kier alpha value is -3.50. The molecule has 2 aliphatic rings. The molecule has 0 radical (unpaired) electrons. The SMILES string of the molecule is Cc1cc2nc(C(F)(F)F)cc(=O)n2nc1N1CCC(Oc2ccc3c(c2)OCCO3)CC1. The topological polar surface area (TPSA) is 78.2 Å². The maximum atomic E-state index is 13.0. The highest BCUT2D eigenvalue weighted by atomic mass is 19.4. The van der Waals surface area contributed by atoms with Crippen molar-refractivity contribution in [1.82, 2.24) is 14.6 Å². The molecule has 1 fully saturated rings. The van der Waals surface area contributed by atoms with E-state index in [0.29, 0.717) is 73.8 Å². The number of hydrogen-bond donors (Lipinski definition) is 0. The number of hydrogen-bond acceptors (Lipinski definition) is 7. The standard InChI is InChI=1S/C22H21F3N4O4/c1-13-10-19-26-18(22(23,24)25)12-20(30)29(19)27-21(13)28-6-4-14(5-7-28)33-15-2-3-16-17(11-15)32-9-8-31-16/h2-3,10-12,14H,4-9H2,1H3. The highest BCUT2D eigenvalue weighted by Gasteiger charge is 2.34. The van der Waals surface area contributed by atoms with Crippen molar-refractivity contribution < 1.29 is 27.4 Å². The number of ether oxygens (including phenoxy) is 3. The number of piperidine rings is 1. The summed E-state index contributed by atoms with van der Waals surface area (Å²) in [5.41, 5.74) is -1.58. The molecule has 1 aromatic carbocycles. The largest absolute Gasteiger partial charge is 0.490 e. The Bertz CT molecular complexity index is 1250. The monoisotopic (exact) mass is 462 g/mol. The first-order valence-corrected chi connectivity index (χ1v) is 10.6. The molecule has 0 amide bonds. The Morgan fingerprint density at radius 1 is 1.06 bits per heavy atom. The molecule has 2 aromatic heterocycles. The molecule has 33 heavy (non-hydrogen) atoms. The number of anilines is 1. The maximum absolute atomic E-state index is 13.0. The molecule has 0 saturated carbocycles. The summed E-state index contributed by atoms with van der Waals surface area (Å²) >= 11 is 0. The number of nitrogens with zero attached hydrogens (tertiary/aromatic N) is 4. The van der Waals surface area contributed by atoms with Gasteiger partial charge in [0.05, 0.1) is 0 Å². The van der Waals surface area contributed by atoms with E-state index in [1.807, 2.05) is 23.1 Å². The van der Waals surface area contributed by atoms with Gasteiger partial charge in [-0.05, 0) is 30.7 Å². The van der Waals surface area contributed by atoms with Crippen LogP contribution in [-0.2, 0) is 6.18 Å². The van der Waals surface area contributed by atoms with E-state index in [0.717, 1.165) is 4.52 Å². The predicted molar refractivity (Wildman–Crippen MR) is 112 cm³/mol. The van der Waals surface area contributed by atoms with Gasteiger partial charge < -0.3 is 19.1 Å². The van der Waals surface area contributed by atoms with Crippen molar-refractivity contribution >= 4 is 11.5 Å². The fourth-order valence-corrected chi connectivity index (χ4v) is 4.05. The zero-order valence-electron chi connectivity index (χ0n) is 17.8. The van der Waals surface area contributed by atoms with Crippen molar-refractivity contribution in [1.29, 1.82) is 0 Å². The molecule has 2 aliphatic heterocycles. The molecular formula is C22H21F3N4O4. The van der Waals surface area contributed by atoms with Crippen LogP contribution in [0.1, 0.15) is 24.1 Å². The van der Waals surface area contributed by atoms with Crippen molar-refractivity contribution in [3.8, 4) is 17.2 Å². The quantitative estimate of drug-likeness (QED) is 0.591. The summed E-state index contributed by atoms with van der Waals surface area (Å²) in [6, 6.07) is 7.43. The van der Waals surface area contributed by atoms with Gasteiger partial charge in [-0.15, -0.1) is 5.10 Å². The van der Waals surface area contributed by atoms with E-state index in [1.54, 1.807) is 6.92 Å². The van der Waals surface area contributed by atoms with Gasteiger partial charge in [0, 0.05) is 38.1 Å². The summed E-state index contributed by atoms with van der Waals surface area (Å²) in [5.74, 6) is 2.62. The lowest BCUT2D eigenvalue weighted by atomic mass is 10.1. The van der Waals surface area contributed by atoms with Gasteiger partial charge in [0.15, 0.2) is 28.7 Å². The molecule has 0 spiro atoms. The Kier molecular flexibility index (Phi) is 5.26. The van der Waals surface area contributed by atoms with Crippen LogP contribution in [-0.4, -0.2) is 47.0 Å². The highest BCUT2D eigenvalue weighted by Crippen LogP contribution is 2.35. The van der Waals surface area contributed by atoms with Gasteiger partial charge in [0.25, 0.3) is 5.56 Å². The molecule has 5 rings (SSSR count). The lowest BCUT2D eigenvalue weighted by Crippen LogP contribution is -2.39. The fourth-order valence-electron chi connectivity index (χ4n) is 4.05. The van der Waals surface area contributed by atoms with Gasteiger partial charge in [0.2, 0.25) is 0 Å². The van der Waals surface area contributed by atoms with Crippen molar-refractivity contribution in [2.45, 2.75) is 32.0 Å². The van der Waals surface area contributed by atoms with Gasteiger partial charge in [-0.25, -0.2) is 4.98 Å². The Balaban J connectivity index is 1.30. The van der Waals surface area contributed by atoms with Gasteiger partial charge in [0.1, 0.15) is 25.1 Å². The van der Waals surface area contributed by atoms with Crippen LogP contribution in [0.15, 0.2) is 35.1 Å². The number of benzene rings is 1. The van der Waals surface area contributed by atoms with E-state index in [2.05, 4.69) is 10.1 Å². The highest BCUT2D eigenvalue weighted by molar-refractivity contribution is 5.53. The number of aryl methyl sites for hydroxylation is 1. The molecule has 0 unspecified atom stereocenters. The fraction of sp³-hybridized carbons (Fsp3) is 0.409. The van der Waals surface area contributed by atoms with Gasteiger partial charge in [-0.2, -0.15) is 17.7 Å². The van der Waals surface area contributed by atoms with Crippen LogP contribution in [0.25, 0.3) is 5.65 Å². The van der Waals surface area contributed by atoms with Crippen LogP contribution in [0, 0.1) is 6.92 Å². The summed E-state index contributed by atoms with van der Waals surface area (Å²) in [7, 11) is 0. The third-order valence-electron chi connectivity index (χ3n) is 5.66. The Morgan fingerprint density at radius 2 is 1.79 bits per heavy atom. The molecular weight excluding hydrogens is 441 g/mol. The zero-order valence-corrected chi connectivity index (χ0v) is 17.8. The second-order valence-corrected chi connectivity index (χ2v) is 8.01. The first-order valence-electron chi connectivity index (χ1n) is 10.6. The first kappa shape index (κ1) is 21.4. The molecule has 11 heteroatoms. The third kappa shape index (κ3) is 4.27. The minimum absolute atomic E-state index is 0.0108. The molecule has 3 aromatic rings. The summed E-state index contributed by atoms with van der Waals surface area (Å²) in [6.45, 7) is 4.02. The molecule has 0 aliphatic carbocycles. The Labute approximate surface area is 186 Å². The normalized spacial score (nSPS) is 16.8. The number of halogens is 3. The molecule has 8 nitrogen and oxygen atoms in total. The van der Waals surface area contributed by atoms with Crippen LogP contribution in [0.4, 0.5) is 19.0 Å². The van der Waals surface area contributed by atoms with Crippen molar-refractivity contribution in [2.75, 3.05) is 31.2 Å². The van der Waals surface area contributed by atoms with Gasteiger partial charge in [-0.1, -0.05) is 0 Å². The number of alkyl halides is 3. The average molecular weight is 462 g/mol. The molecule has 174 valence electrons. The summed E-state index contributed by atoms with van der Waals surface area (Å²) < 4.78 is 57.1. The van der Waals surface area contributed by atoms with Crippen LogP contribution >= 0.6 is 0 Å². The average Bonchev–Trinajstić information content (AvgIpc) is 2.78. The van der Waals surface area contributed by atoms with E-state index in [4.69, 9.17) is 14.2 Å². The second-order valence-electron chi connectivity index (χ2n) is 8.01. The lowest BCUT2D eigenvalue weighted by molar-refractivity contribution is -0.141. The lowest BCUT2D eigenvalue weighted by Gasteiger charge is -2.33. The van der Waals surface area contributed by atoms with E-state index >= 15 is 0 Å². The molecule has 0 bridgehead atoms. The minimum atomic E-state index is -4.69. The number of rotatable bonds is 3. The predicted octanol–water partition coefficient (Wildman–Crippen LogP) is 3.24. The summed E-state index contributed by atoms with van der Waals surface area (Å²) in [6.07, 6.45) is -3.27. The van der Waals surface area contributed by atoms with E-state index in [1.165, 1.54) is 6.07 Å². The second kappa shape index (κ2) is 8.13. The molecule has 1 saturated heterocycles. The summed E-state index contributed by atoms with van der Waals surface area (Å²) in [4.78, 5) is 17.8. The van der Waals surface area contributed by atoms with Crippen LogP contribution in [0.5, 0.6) is 17.2 Å². The molecule has 4 heterocycles. The van der Waals surface area contributed by atoms with E-state index in [-0.39, 0.29) is 11.8 Å². The molecule has 0 atom stereocenters. The smallest absolute Gasteiger partial charge is 0.433 e. The van der Waals surface area contributed by atoms with Crippen LogP contribution < -0.4 is 24.7 Å².